The van der Waals surface area contributed by atoms with Gasteiger partial charge in [0.15, 0.2) is 0 Å². The molecule has 3 aromatic rings. The fourth-order valence-corrected chi connectivity index (χ4v) is 5.90. The molecule has 5 nitrogen and oxygen atoms in total. The Morgan fingerprint density at radius 1 is 1.05 bits per heavy atom. The van der Waals surface area contributed by atoms with Crippen molar-refractivity contribution in [3.8, 4) is 0 Å². The van der Waals surface area contributed by atoms with Crippen LogP contribution in [0.2, 0.25) is 0 Å². The van der Waals surface area contributed by atoms with E-state index in [2.05, 4.69) is 34.3 Å². The number of carbonyl (C=O) groups excluding carboxylic acids is 1. The number of rotatable bonds is 8. The molecule has 37 heavy (non-hydrogen) atoms. The Morgan fingerprint density at radius 2 is 1.76 bits per heavy atom. The summed E-state index contributed by atoms with van der Waals surface area (Å²) in [6, 6.07) is 17.1. The van der Waals surface area contributed by atoms with Crippen LogP contribution in [0.15, 0.2) is 60.8 Å². The van der Waals surface area contributed by atoms with E-state index in [1.54, 1.807) is 18.3 Å². The second-order valence-corrected chi connectivity index (χ2v) is 10.9. The number of nitrogens with one attached hydrogen (secondary N) is 1. The van der Waals surface area contributed by atoms with Gasteiger partial charge in [0.25, 0.3) is 5.91 Å². The first-order chi connectivity index (χ1) is 18.0. The molecule has 5 rings (SSSR count). The lowest BCUT2D eigenvalue weighted by Crippen LogP contribution is -2.35. The lowest BCUT2D eigenvalue weighted by molar-refractivity contribution is 0.0952. The van der Waals surface area contributed by atoms with Gasteiger partial charge in [-0.3, -0.25) is 4.79 Å². The molecule has 0 bridgehead atoms. The Balaban J connectivity index is 1.42. The van der Waals surface area contributed by atoms with Gasteiger partial charge in [-0.15, -0.1) is 0 Å². The summed E-state index contributed by atoms with van der Waals surface area (Å²) in [6.07, 6.45) is 9.66. The first-order valence-corrected chi connectivity index (χ1v) is 13.7. The van der Waals surface area contributed by atoms with Crippen LogP contribution >= 0.6 is 0 Å². The first kappa shape index (κ1) is 25.4. The quantitative estimate of drug-likeness (QED) is 0.420. The zero-order valence-corrected chi connectivity index (χ0v) is 21.8. The summed E-state index contributed by atoms with van der Waals surface area (Å²) in [6.45, 7) is 4.72. The van der Waals surface area contributed by atoms with Gasteiger partial charge in [-0.1, -0.05) is 62.2 Å². The van der Waals surface area contributed by atoms with Crippen molar-refractivity contribution in [2.24, 2.45) is 5.92 Å². The van der Waals surface area contributed by atoms with E-state index in [9.17, 15) is 9.18 Å². The summed E-state index contributed by atoms with van der Waals surface area (Å²) in [5.74, 6) is 1.08. The van der Waals surface area contributed by atoms with E-state index in [0.717, 1.165) is 75.2 Å². The average Bonchev–Trinajstić information content (AvgIpc) is 3.39. The number of aromatic nitrogens is 2. The van der Waals surface area contributed by atoms with Gasteiger partial charge in [-0.05, 0) is 61.3 Å². The third kappa shape index (κ3) is 6.00. The summed E-state index contributed by atoms with van der Waals surface area (Å²) in [5, 5.41) is 3.10. The topological polar surface area (TPSA) is 58.1 Å². The highest BCUT2D eigenvalue weighted by Crippen LogP contribution is 2.44. The molecule has 2 aliphatic rings. The van der Waals surface area contributed by atoms with E-state index in [1.165, 1.54) is 5.56 Å². The summed E-state index contributed by atoms with van der Waals surface area (Å²) < 4.78 is 13.7. The smallest absolute Gasteiger partial charge is 0.254 e. The van der Waals surface area contributed by atoms with Crippen molar-refractivity contribution in [1.29, 1.82) is 0 Å². The molecule has 1 aliphatic heterocycles. The monoisotopic (exact) mass is 500 g/mol. The molecule has 6 heteroatoms. The minimum atomic E-state index is -0.223. The number of amides is 1. The van der Waals surface area contributed by atoms with Crippen LogP contribution in [0.5, 0.6) is 0 Å². The molecular weight excluding hydrogens is 463 g/mol. The second kappa shape index (κ2) is 11.4. The Hall–Kier alpha value is -3.28. The zero-order valence-electron chi connectivity index (χ0n) is 21.8. The van der Waals surface area contributed by atoms with Crippen LogP contribution in [0.4, 0.5) is 10.3 Å². The predicted octanol–water partition coefficient (Wildman–Crippen LogP) is 5.88. The van der Waals surface area contributed by atoms with E-state index in [4.69, 9.17) is 4.98 Å². The number of halogens is 1. The molecular formula is C31H37FN4O. The van der Waals surface area contributed by atoms with Gasteiger partial charge in [-0.2, -0.15) is 0 Å². The van der Waals surface area contributed by atoms with Crippen molar-refractivity contribution >= 4 is 11.9 Å². The van der Waals surface area contributed by atoms with Gasteiger partial charge in [-0.25, -0.2) is 14.4 Å². The zero-order chi connectivity index (χ0) is 25.7. The normalized spacial score (nSPS) is 17.6. The number of carbonyl (C=O) groups is 1. The molecule has 1 saturated heterocycles. The highest BCUT2D eigenvalue weighted by molar-refractivity contribution is 5.95. The van der Waals surface area contributed by atoms with E-state index in [1.807, 2.05) is 30.3 Å². The van der Waals surface area contributed by atoms with Gasteiger partial charge in [0.1, 0.15) is 5.82 Å². The van der Waals surface area contributed by atoms with Crippen molar-refractivity contribution in [2.45, 2.75) is 63.7 Å². The second-order valence-electron chi connectivity index (χ2n) is 10.9. The minimum Gasteiger partial charge on any atom is -0.352 e. The molecule has 2 heterocycles. The number of hydrogen-bond donors (Lipinski definition) is 1. The van der Waals surface area contributed by atoms with Crippen LogP contribution in [0.1, 0.15) is 72.6 Å². The van der Waals surface area contributed by atoms with Crippen LogP contribution in [-0.4, -0.2) is 35.5 Å². The number of hydrogen-bond acceptors (Lipinski definition) is 4. The highest BCUT2D eigenvalue weighted by Gasteiger charge is 2.37. The van der Waals surface area contributed by atoms with Crippen LogP contribution < -0.4 is 10.2 Å². The number of anilines is 1. The summed E-state index contributed by atoms with van der Waals surface area (Å²) in [4.78, 5) is 25.3. The number of piperidine rings is 1. The third-order valence-corrected chi connectivity index (χ3v) is 8.23. The van der Waals surface area contributed by atoms with E-state index >= 15 is 0 Å². The molecule has 1 saturated carbocycles. The Labute approximate surface area is 219 Å². The molecule has 2 fully saturated rings. The molecule has 2 aromatic carbocycles. The highest BCUT2D eigenvalue weighted by atomic mass is 19.1. The Bertz CT molecular complexity index is 1180. The molecule has 0 spiro atoms. The number of benzene rings is 2. The molecule has 0 unspecified atom stereocenters. The molecule has 1 aliphatic carbocycles. The van der Waals surface area contributed by atoms with Gasteiger partial charge < -0.3 is 10.2 Å². The summed E-state index contributed by atoms with van der Waals surface area (Å²) in [5.41, 5.74) is 3.53. The molecule has 0 radical (unpaired) electrons. The maximum atomic E-state index is 13.7. The minimum absolute atomic E-state index is 0.128. The fraction of sp³-hybridized carbons (Fsp3) is 0.452. The molecule has 1 N–H and O–H groups in total. The Morgan fingerprint density at radius 3 is 2.46 bits per heavy atom. The fourth-order valence-electron chi connectivity index (χ4n) is 5.90. The van der Waals surface area contributed by atoms with Crippen LogP contribution in [-0.2, 0) is 18.3 Å². The molecule has 0 atom stereocenters. The molecule has 1 aromatic heterocycles. The largest absolute Gasteiger partial charge is 0.352 e. The van der Waals surface area contributed by atoms with Gasteiger partial charge in [0, 0.05) is 37.7 Å². The maximum absolute atomic E-state index is 13.7. The lowest BCUT2D eigenvalue weighted by atomic mass is 9.74. The van der Waals surface area contributed by atoms with Crippen molar-refractivity contribution in [3.63, 3.8) is 0 Å². The van der Waals surface area contributed by atoms with Crippen LogP contribution in [0, 0.1) is 11.7 Å². The predicted molar refractivity (Wildman–Crippen MR) is 145 cm³/mol. The van der Waals surface area contributed by atoms with Crippen molar-refractivity contribution < 1.29 is 9.18 Å². The molecule has 194 valence electrons. The van der Waals surface area contributed by atoms with E-state index in [0.29, 0.717) is 24.4 Å². The van der Waals surface area contributed by atoms with Crippen molar-refractivity contribution in [1.82, 2.24) is 15.3 Å². The lowest BCUT2D eigenvalue weighted by Gasteiger charge is -2.32. The van der Waals surface area contributed by atoms with E-state index < -0.39 is 0 Å². The Kier molecular flexibility index (Phi) is 7.82. The SMILES string of the molecule is CC1CCN(c2ncc(C(=O)NCCc3ccccc3)c(CC3(c4ccc(F)cc4)CCCC3)n2)CC1. The molecule has 1 amide bonds. The van der Waals surface area contributed by atoms with E-state index in [-0.39, 0.29) is 17.1 Å². The van der Waals surface area contributed by atoms with Crippen LogP contribution in [0.25, 0.3) is 0 Å². The first-order valence-electron chi connectivity index (χ1n) is 13.7. The summed E-state index contributed by atoms with van der Waals surface area (Å²) >= 11 is 0. The van der Waals surface area contributed by atoms with Gasteiger partial charge in [0.05, 0.1) is 11.3 Å². The van der Waals surface area contributed by atoms with Gasteiger partial charge >= 0.3 is 0 Å². The average molecular weight is 501 g/mol. The van der Waals surface area contributed by atoms with Crippen molar-refractivity contribution in [3.05, 3.63) is 89.0 Å². The number of nitrogens with zero attached hydrogens (tertiary/aromatic N) is 3. The summed E-state index contributed by atoms with van der Waals surface area (Å²) in [7, 11) is 0. The third-order valence-electron chi connectivity index (χ3n) is 8.23. The van der Waals surface area contributed by atoms with Crippen LogP contribution in [0.3, 0.4) is 0 Å². The van der Waals surface area contributed by atoms with Crippen molar-refractivity contribution in [2.75, 3.05) is 24.5 Å². The maximum Gasteiger partial charge on any atom is 0.254 e. The standard InChI is InChI=1S/C31H37FN4O/c1-23-14-19-36(20-15-23)30-34-22-27(29(37)33-18-13-24-7-3-2-4-8-24)28(35-30)21-31(16-5-6-17-31)25-9-11-26(32)12-10-25/h2-4,7-12,22-23H,5-6,13-21H2,1H3,(H,33,37). The van der Waals surface area contributed by atoms with Gasteiger partial charge in [0.2, 0.25) is 5.95 Å².